The molecule has 0 saturated heterocycles. The van der Waals surface area contributed by atoms with E-state index in [1.165, 1.54) is 12.6 Å². The quantitative estimate of drug-likeness (QED) is 0.520. The third kappa shape index (κ3) is 8.64. The van der Waals surface area contributed by atoms with E-state index < -0.39 is 15.3 Å². The molecule has 0 fully saturated rings. The number of sulfone groups is 1. The molecule has 0 aromatic carbocycles. The summed E-state index contributed by atoms with van der Waals surface area (Å²) in [4.78, 5) is 4.45. The van der Waals surface area contributed by atoms with Gasteiger partial charge in [0.05, 0.1) is 5.75 Å². The molecule has 1 atom stereocenters. The molecule has 0 aliphatic heterocycles. The number of hydrogen-bond donors (Lipinski definition) is 1. The van der Waals surface area contributed by atoms with Gasteiger partial charge in [-0.05, 0) is 39.0 Å². The minimum atomic E-state index is -3.30. The summed E-state index contributed by atoms with van der Waals surface area (Å²) in [6.07, 6.45) is 3.37. The van der Waals surface area contributed by atoms with E-state index in [1.54, 1.807) is 0 Å². The molecule has 108 valence electrons. The first kappa shape index (κ1) is 17.6. The maximum atomic E-state index is 11.3. The van der Waals surface area contributed by atoms with Gasteiger partial charge in [-0.2, -0.15) is 0 Å². The molecular formula is C13H27NO3S. The summed E-state index contributed by atoms with van der Waals surface area (Å²) in [6, 6.07) is 0. The Bertz CT molecular complexity index is 345. The van der Waals surface area contributed by atoms with Gasteiger partial charge in [-0.25, -0.2) is 8.42 Å². The predicted octanol–water partition coefficient (Wildman–Crippen LogP) is 2.42. The molecule has 0 aromatic heterocycles. The summed E-state index contributed by atoms with van der Waals surface area (Å²) in [5.41, 5.74) is -0.0783. The minimum Gasteiger partial charge on any atom is -0.377 e. The fourth-order valence-electron chi connectivity index (χ4n) is 1.69. The van der Waals surface area contributed by atoms with E-state index in [9.17, 15) is 8.42 Å². The van der Waals surface area contributed by atoms with Crippen LogP contribution in [0.4, 0.5) is 0 Å². The highest BCUT2D eigenvalue weighted by atomic mass is 32.2. The average Bonchev–Trinajstić information content (AvgIpc) is 2.21. The van der Waals surface area contributed by atoms with Crippen molar-refractivity contribution in [2.75, 3.05) is 12.3 Å². The van der Waals surface area contributed by atoms with Crippen LogP contribution >= 0.6 is 0 Å². The van der Waals surface area contributed by atoms with Crippen LogP contribution in [0, 0.1) is 5.92 Å². The SMILES string of the molecule is CC(CC(C)C)=NCCCCCS(=O)(=O)C(C)O. The summed E-state index contributed by atoms with van der Waals surface area (Å²) in [6.45, 7) is 8.44. The Labute approximate surface area is 111 Å². The van der Waals surface area contributed by atoms with Crippen molar-refractivity contribution in [3.63, 3.8) is 0 Å². The topological polar surface area (TPSA) is 66.7 Å². The summed E-state index contributed by atoms with van der Waals surface area (Å²) in [5, 5.41) is 9.03. The van der Waals surface area contributed by atoms with Crippen molar-refractivity contribution >= 4 is 15.5 Å². The van der Waals surface area contributed by atoms with Crippen LogP contribution in [-0.2, 0) is 9.84 Å². The maximum Gasteiger partial charge on any atom is 0.176 e. The van der Waals surface area contributed by atoms with Crippen molar-refractivity contribution in [2.45, 2.75) is 58.8 Å². The lowest BCUT2D eigenvalue weighted by atomic mass is 10.1. The molecule has 0 radical (unpaired) electrons. The highest BCUT2D eigenvalue weighted by Crippen LogP contribution is 2.06. The molecule has 0 spiro atoms. The highest BCUT2D eigenvalue weighted by molar-refractivity contribution is 7.91. The minimum absolute atomic E-state index is 0.0688. The van der Waals surface area contributed by atoms with Gasteiger partial charge in [0.1, 0.15) is 0 Å². The van der Waals surface area contributed by atoms with Crippen molar-refractivity contribution in [1.82, 2.24) is 0 Å². The molecule has 0 aliphatic carbocycles. The molecule has 0 heterocycles. The van der Waals surface area contributed by atoms with Gasteiger partial charge in [0, 0.05) is 12.3 Å². The molecule has 1 unspecified atom stereocenters. The molecule has 0 rings (SSSR count). The first-order valence-electron chi connectivity index (χ1n) is 6.65. The van der Waals surface area contributed by atoms with Crippen molar-refractivity contribution in [1.29, 1.82) is 0 Å². The van der Waals surface area contributed by atoms with E-state index >= 15 is 0 Å². The highest BCUT2D eigenvalue weighted by Gasteiger charge is 2.16. The first-order valence-corrected chi connectivity index (χ1v) is 8.37. The molecule has 4 nitrogen and oxygen atoms in total. The smallest absolute Gasteiger partial charge is 0.176 e. The van der Waals surface area contributed by atoms with E-state index in [4.69, 9.17) is 5.11 Å². The predicted molar refractivity (Wildman–Crippen MR) is 76.7 cm³/mol. The monoisotopic (exact) mass is 277 g/mol. The van der Waals surface area contributed by atoms with Crippen LogP contribution in [-0.4, -0.2) is 37.0 Å². The van der Waals surface area contributed by atoms with Crippen LogP contribution < -0.4 is 0 Å². The fourth-order valence-corrected chi connectivity index (χ4v) is 2.64. The fraction of sp³-hybridized carbons (Fsp3) is 0.923. The zero-order chi connectivity index (χ0) is 14.2. The largest absolute Gasteiger partial charge is 0.377 e. The summed E-state index contributed by atoms with van der Waals surface area (Å²) < 4.78 is 22.6. The molecule has 18 heavy (non-hydrogen) atoms. The molecule has 0 saturated carbocycles. The molecule has 5 heteroatoms. The average molecular weight is 277 g/mol. The number of rotatable bonds is 9. The second-order valence-electron chi connectivity index (χ2n) is 5.24. The van der Waals surface area contributed by atoms with Crippen LogP contribution in [0.2, 0.25) is 0 Å². The standard InChI is InChI=1S/C13H27NO3S/c1-11(2)10-12(3)14-8-6-5-7-9-18(16,17)13(4)15/h11,13,15H,5-10H2,1-4H3. The van der Waals surface area contributed by atoms with E-state index in [2.05, 4.69) is 18.8 Å². The van der Waals surface area contributed by atoms with Gasteiger partial charge in [-0.3, -0.25) is 4.99 Å². The van der Waals surface area contributed by atoms with Crippen LogP contribution in [0.3, 0.4) is 0 Å². The summed E-state index contributed by atoms with van der Waals surface area (Å²) in [7, 11) is -3.30. The number of hydrogen-bond acceptors (Lipinski definition) is 4. The normalized spacial score (nSPS) is 15.1. The van der Waals surface area contributed by atoms with Gasteiger partial charge in [-0.1, -0.05) is 20.3 Å². The van der Waals surface area contributed by atoms with E-state index in [0.29, 0.717) is 12.3 Å². The van der Waals surface area contributed by atoms with Gasteiger partial charge in [0.25, 0.3) is 0 Å². The molecule has 1 N–H and O–H groups in total. The zero-order valence-corrected chi connectivity index (χ0v) is 12.8. The number of unbranched alkanes of at least 4 members (excludes halogenated alkanes) is 2. The number of nitrogens with zero attached hydrogens (tertiary/aromatic N) is 1. The molecular weight excluding hydrogens is 250 g/mol. The van der Waals surface area contributed by atoms with E-state index in [-0.39, 0.29) is 5.75 Å². The maximum absolute atomic E-state index is 11.3. The Balaban J connectivity index is 3.70. The summed E-state index contributed by atoms with van der Waals surface area (Å²) in [5.74, 6) is 0.698. The Kier molecular flexibility index (Phi) is 8.44. The lowest BCUT2D eigenvalue weighted by Gasteiger charge is -2.06. The van der Waals surface area contributed by atoms with Gasteiger partial charge in [-0.15, -0.1) is 0 Å². The Morgan fingerprint density at radius 2 is 1.78 bits per heavy atom. The summed E-state index contributed by atoms with van der Waals surface area (Å²) >= 11 is 0. The van der Waals surface area contributed by atoms with Crippen molar-refractivity contribution in [3.05, 3.63) is 0 Å². The molecule has 0 aliphatic rings. The number of aliphatic hydroxyl groups is 1. The first-order chi connectivity index (χ1) is 8.25. The van der Waals surface area contributed by atoms with Crippen LogP contribution in [0.5, 0.6) is 0 Å². The Morgan fingerprint density at radius 1 is 1.17 bits per heavy atom. The van der Waals surface area contributed by atoms with E-state index in [0.717, 1.165) is 25.8 Å². The number of aliphatic imine (C=N–C) groups is 1. The molecule has 0 aromatic rings. The van der Waals surface area contributed by atoms with E-state index in [1.807, 2.05) is 6.92 Å². The van der Waals surface area contributed by atoms with Gasteiger partial charge < -0.3 is 5.11 Å². The second kappa shape index (κ2) is 8.64. The van der Waals surface area contributed by atoms with Crippen molar-refractivity contribution in [3.8, 4) is 0 Å². The number of aliphatic hydroxyl groups excluding tert-OH is 1. The third-order valence-corrected chi connectivity index (χ3v) is 4.59. The third-order valence-electron chi connectivity index (χ3n) is 2.69. The van der Waals surface area contributed by atoms with Crippen LogP contribution in [0.25, 0.3) is 0 Å². The lowest BCUT2D eigenvalue weighted by molar-refractivity contribution is 0.268. The van der Waals surface area contributed by atoms with Gasteiger partial charge in [0.2, 0.25) is 0 Å². The Hall–Kier alpha value is -0.420. The molecule has 0 bridgehead atoms. The van der Waals surface area contributed by atoms with Gasteiger partial charge >= 0.3 is 0 Å². The Morgan fingerprint density at radius 3 is 2.28 bits per heavy atom. The van der Waals surface area contributed by atoms with Crippen LogP contribution in [0.1, 0.15) is 53.4 Å². The van der Waals surface area contributed by atoms with Crippen molar-refractivity contribution < 1.29 is 13.5 Å². The molecule has 0 amide bonds. The van der Waals surface area contributed by atoms with Crippen LogP contribution in [0.15, 0.2) is 4.99 Å². The van der Waals surface area contributed by atoms with Gasteiger partial charge in [0.15, 0.2) is 15.3 Å². The zero-order valence-electron chi connectivity index (χ0n) is 12.0. The lowest BCUT2D eigenvalue weighted by Crippen LogP contribution is -2.20. The second-order valence-corrected chi connectivity index (χ2v) is 7.66. The van der Waals surface area contributed by atoms with Crippen molar-refractivity contribution in [2.24, 2.45) is 10.9 Å².